The molecule has 0 saturated heterocycles. The van der Waals surface area contributed by atoms with E-state index < -0.39 is 0 Å². The van der Waals surface area contributed by atoms with Gasteiger partial charge in [-0.2, -0.15) is 0 Å². The van der Waals surface area contributed by atoms with Crippen LogP contribution in [0.5, 0.6) is 0 Å². The van der Waals surface area contributed by atoms with Gasteiger partial charge in [-0.3, -0.25) is 4.98 Å². The third-order valence-electron chi connectivity index (χ3n) is 3.74. The molecule has 0 N–H and O–H groups in total. The predicted octanol–water partition coefficient (Wildman–Crippen LogP) is 2.82. The summed E-state index contributed by atoms with van der Waals surface area (Å²) in [6, 6.07) is 1.98. The highest BCUT2D eigenvalue weighted by Gasteiger charge is 2.35. The third kappa shape index (κ3) is 2.19. The topological polar surface area (TPSA) is 69.9 Å². The lowest BCUT2D eigenvalue weighted by atomic mass is 9.79. The minimum Gasteiger partial charge on any atom is -0.446 e. The Labute approximate surface area is 124 Å². The molecule has 0 atom stereocenters. The van der Waals surface area contributed by atoms with Crippen LogP contribution in [-0.4, -0.2) is 31.7 Å². The highest BCUT2D eigenvalue weighted by Crippen LogP contribution is 2.40. The van der Waals surface area contributed by atoms with Crippen molar-refractivity contribution in [3.05, 3.63) is 42.2 Å². The Morgan fingerprint density at radius 3 is 3.05 bits per heavy atom. The molecule has 3 aromatic heterocycles. The van der Waals surface area contributed by atoms with Crippen LogP contribution in [0.4, 0.5) is 4.79 Å². The van der Waals surface area contributed by atoms with Crippen molar-refractivity contribution in [3.63, 3.8) is 0 Å². The molecular weight excluding hydrogens is 288 g/mol. The number of aromatic nitrogens is 4. The number of hydrogen-bond acceptors (Lipinski definition) is 6. The molecule has 0 aliphatic heterocycles. The average molecular weight is 300 g/mol. The van der Waals surface area contributed by atoms with Crippen molar-refractivity contribution in [1.29, 1.82) is 0 Å². The van der Waals surface area contributed by atoms with E-state index in [0.717, 1.165) is 28.8 Å². The normalized spacial score (nSPS) is 21.1. The number of nitrogens with zero attached hydrogens (tertiary/aromatic N) is 4. The zero-order chi connectivity index (χ0) is 14.2. The lowest BCUT2D eigenvalue weighted by Gasteiger charge is -2.34. The van der Waals surface area contributed by atoms with E-state index in [2.05, 4.69) is 15.0 Å². The van der Waals surface area contributed by atoms with Crippen LogP contribution in [0.2, 0.25) is 0 Å². The first kappa shape index (κ1) is 12.5. The second kappa shape index (κ2) is 4.92. The highest BCUT2D eigenvalue weighted by atomic mass is 32.1. The summed E-state index contributed by atoms with van der Waals surface area (Å²) in [4.78, 5) is 24.5. The smallest absolute Gasteiger partial charge is 0.419 e. The number of ether oxygens (including phenoxy) is 1. The van der Waals surface area contributed by atoms with E-state index in [4.69, 9.17) is 4.74 Å². The zero-order valence-corrected chi connectivity index (χ0v) is 11.9. The van der Waals surface area contributed by atoms with Crippen LogP contribution in [0, 0.1) is 0 Å². The zero-order valence-electron chi connectivity index (χ0n) is 11.0. The molecule has 4 rings (SSSR count). The van der Waals surface area contributed by atoms with E-state index in [1.165, 1.54) is 10.9 Å². The number of imidazole rings is 1. The summed E-state index contributed by atoms with van der Waals surface area (Å²) in [5, 5.41) is 0. The van der Waals surface area contributed by atoms with Crippen molar-refractivity contribution >= 4 is 27.6 Å². The quantitative estimate of drug-likeness (QED) is 0.728. The van der Waals surface area contributed by atoms with Crippen molar-refractivity contribution in [2.75, 3.05) is 0 Å². The van der Waals surface area contributed by atoms with Crippen LogP contribution in [-0.2, 0) is 4.74 Å². The molecule has 0 radical (unpaired) electrons. The number of carbonyl (C=O) groups excluding carboxylic acids is 1. The summed E-state index contributed by atoms with van der Waals surface area (Å²) < 4.78 is 7.91. The van der Waals surface area contributed by atoms with Gasteiger partial charge in [0.2, 0.25) is 0 Å². The van der Waals surface area contributed by atoms with Crippen molar-refractivity contribution in [2.45, 2.75) is 24.9 Å². The van der Waals surface area contributed by atoms with Gasteiger partial charge in [0.15, 0.2) is 0 Å². The van der Waals surface area contributed by atoms with E-state index in [9.17, 15) is 4.79 Å². The van der Waals surface area contributed by atoms with Crippen LogP contribution in [0.1, 0.15) is 24.5 Å². The minimum absolute atomic E-state index is 0.0550. The van der Waals surface area contributed by atoms with E-state index in [1.807, 2.05) is 17.8 Å². The summed E-state index contributed by atoms with van der Waals surface area (Å²) in [6.45, 7) is 0. The molecule has 1 aliphatic carbocycles. The van der Waals surface area contributed by atoms with Crippen molar-refractivity contribution < 1.29 is 9.53 Å². The van der Waals surface area contributed by atoms with Crippen molar-refractivity contribution in [3.8, 4) is 0 Å². The van der Waals surface area contributed by atoms with Gasteiger partial charge in [0.1, 0.15) is 17.9 Å². The molecule has 3 heterocycles. The fourth-order valence-electron chi connectivity index (χ4n) is 2.57. The molecule has 3 aromatic rings. The molecule has 1 saturated carbocycles. The first-order chi connectivity index (χ1) is 10.3. The van der Waals surface area contributed by atoms with Gasteiger partial charge in [0.25, 0.3) is 0 Å². The molecule has 0 aromatic carbocycles. The lowest BCUT2D eigenvalue weighted by Crippen LogP contribution is -2.33. The fourth-order valence-corrected chi connectivity index (χ4v) is 3.25. The number of rotatable bonds is 2. The van der Waals surface area contributed by atoms with Crippen LogP contribution < -0.4 is 0 Å². The number of thiazole rings is 1. The van der Waals surface area contributed by atoms with Gasteiger partial charge in [0, 0.05) is 24.5 Å². The molecule has 1 fully saturated rings. The summed E-state index contributed by atoms with van der Waals surface area (Å²) in [6.07, 6.45) is 7.55. The maximum Gasteiger partial charge on any atom is 0.419 e. The maximum absolute atomic E-state index is 11.8. The van der Waals surface area contributed by atoms with Crippen LogP contribution >= 0.6 is 11.3 Å². The number of carbonyl (C=O) groups is 1. The van der Waals surface area contributed by atoms with Gasteiger partial charge < -0.3 is 4.74 Å². The molecule has 0 unspecified atom stereocenters. The number of fused-ring (bicyclic) bond motifs is 1. The highest BCUT2D eigenvalue weighted by molar-refractivity contribution is 7.16. The van der Waals surface area contributed by atoms with Crippen LogP contribution in [0.25, 0.3) is 10.2 Å². The monoisotopic (exact) mass is 300 g/mol. The van der Waals surface area contributed by atoms with Gasteiger partial charge >= 0.3 is 6.09 Å². The Morgan fingerprint density at radius 2 is 2.24 bits per heavy atom. The molecule has 1 aliphatic rings. The maximum atomic E-state index is 11.8. The van der Waals surface area contributed by atoms with Crippen LogP contribution in [0.15, 0.2) is 36.5 Å². The number of pyridine rings is 1. The average Bonchev–Trinajstić information content (AvgIpc) is 3.11. The van der Waals surface area contributed by atoms with E-state index in [0.29, 0.717) is 5.92 Å². The first-order valence-corrected chi connectivity index (χ1v) is 7.56. The number of hydrogen-bond donors (Lipinski definition) is 0. The summed E-state index contributed by atoms with van der Waals surface area (Å²) in [7, 11) is 0. The molecular formula is C14H12N4O2S. The SMILES string of the molecule is O=C(OC1CC(c2nccc3scnc23)C1)n1ccnc1. The molecule has 6 nitrogen and oxygen atoms in total. The van der Waals surface area contributed by atoms with Gasteiger partial charge in [-0.25, -0.2) is 19.3 Å². The predicted molar refractivity (Wildman–Crippen MR) is 77.3 cm³/mol. The molecule has 0 amide bonds. The largest absolute Gasteiger partial charge is 0.446 e. The van der Waals surface area contributed by atoms with Crippen molar-refractivity contribution in [2.24, 2.45) is 0 Å². The van der Waals surface area contributed by atoms with Gasteiger partial charge in [-0.05, 0) is 18.9 Å². The molecule has 106 valence electrons. The Morgan fingerprint density at radius 1 is 1.33 bits per heavy atom. The van der Waals surface area contributed by atoms with Crippen LogP contribution in [0.3, 0.4) is 0 Å². The van der Waals surface area contributed by atoms with Gasteiger partial charge in [-0.1, -0.05) is 0 Å². The Balaban J connectivity index is 1.43. The lowest BCUT2D eigenvalue weighted by molar-refractivity contribution is 0.0396. The third-order valence-corrected chi connectivity index (χ3v) is 4.54. The van der Waals surface area contributed by atoms with Crippen molar-refractivity contribution in [1.82, 2.24) is 19.5 Å². The molecule has 0 spiro atoms. The molecule has 21 heavy (non-hydrogen) atoms. The molecule has 0 bridgehead atoms. The molecule has 7 heteroatoms. The minimum atomic E-state index is -0.379. The second-order valence-corrected chi connectivity index (χ2v) is 5.93. The van der Waals surface area contributed by atoms with Gasteiger partial charge in [0.05, 0.1) is 15.9 Å². The standard InChI is InChI=1S/C14H12N4O2S/c19-14(18-4-3-15-7-18)20-10-5-9(6-10)12-13-11(1-2-16-12)21-8-17-13/h1-4,7-10H,5-6H2. The Hall–Kier alpha value is -2.28. The second-order valence-electron chi connectivity index (χ2n) is 5.04. The Bertz CT molecular complexity index is 777. The summed E-state index contributed by atoms with van der Waals surface area (Å²) in [5.41, 5.74) is 3.83. The van der Waals surface area contributed by atoms with E-state index >= 15 is 0 Å². The first-order valence-electron chi connectivity index (χ1n) is 6.68. The van der Waals surface area contributed by atoms with E-state index in [-0.39, 0.29) is 12.2 Å². The summed E-state index contributed by atoms with van der Waals surface area (Å²) >= 11 is 1.62. The van der Waals surface area contributed by atoms with Gasteiger partial charge in [-0.15, -0.1) is 11.3 Å². The fraction of sp³-hybridized carbons (Fsp3) is 0.286. The van der Waals surface area contributed by atoms with E-state index in [1.54, 1.807) is 23.7 Å². The summed E-state index contributed by atoms with van der Waals surface area (Å²) in [5.74, 6) is 0.316. The Kier molecular flexibility index (Phi) is 2.92.